The highest BCUT2D eigenvalue weighted by molar-refractivity contribution is 9.10. The van der Waals surface area contributed by atoms with E-state index in [-0.39, 0.29) is 28.5 Å². The number of hydrogen-bond acceptors (Lipinski definition) is 5. The molecule has 0 spiro atoms. The summed E-state index contributed by atoms with van der Waals surface area (Å²) in [6.07, 6.45) is -4.41. The van der Waals surface area contributed by atoms with Crippen LogP contribution in [0.1, 0.15) is 42.4 Å². The summed E-state index contributed by atoms with van der Waals surface area (Å²) < 4.78 is 39.9. The van der Waals surface area contributed by atoms with E-state index in [1.807, 2.05) is 6.92 Å². The number of Topliss-reactive ketones (excluding diaryl/α,β-unsaturated/α-hetero) is 1. The number of anilines is 2. The topological polar surface area (TPSA) is 85.1 Å². The lowest BCUT2D eigenvalue weighted by molar-refractivity contribution is -0.137. The number of ketones is 1. The van der Waals surface area contributed by atoms with Crippen LogP contribution in [0.2, 0.25) is 0 Å². The van der Waals surface area contributed by atoms with E-state index in [1.54, 1.807) is 31.2 Å². The number of aryl methyl sites for hydroxylation is 2. The Hall–Kier alpha value is -3.24. The molecule has 1 amide bonds. The molecule has 2 aromatic carbocycles. The van der Waals surface area contributed by atoms with Crippen LogP contribution in [-0.2, 0) is 12.6 Å². The predicted octanol–water partition coefficient (Wildman–Crippen LogP) is 6.95. The van der Waals surface area contributed by atoms with Crippen molar-refractivity contribution in [1.82, 2.24) is 4.98 Å². The minimum atomic E-state index is -4.53. The van der Waals surface area contributed by atoms with Crippen molar-refractivity contribution in [2.24, 2.45) is 0 Å². The van der Waals surface area contributed by atoms with Crippen molar-refractivity contribution in [2.45, 2.75) is 26.4 Å². The second kappa shape index (κ2) is 9.43. The van der Waals surface area contributed by atoms with Crippen LogP contribution in [0.4, 0.5) is 24.5 Å². The highest BCUT2D eigenvalue weighted by atomic mass is 79.9. The Labute approximate surface area is 211 Å². The number of hydrogen-bond donors (Lipinski definition) is 2. The molecular formula is C25H19BrF3N3O2S. The largest absolute Gasteiger partial charge is 0.416 e. The van der Waals surface area contributed by atoms with Crippen molar-refractivity contribution < 1.29 is 22.8 Å². The van der Waals surface area contributed by atoms with E-state index < -0.39 is 17.6 Å². The number of thiophene rings is 1. The molecule has 4 aromatic rings. The van der Waals surface area contributed by atoms with Crippen LogP contribution >= 0.6 is 27.3 Å². The van der Waals surface area contributed by atoms with Gasteiger partial charge < -0.3 is 11.1 Å². The van der Waals surface area contributed by atoms with Gasteiger partial charge in [0.2, 0.25) is 0 Å². The average Bonchev–Trinajstić information content (AvgIpc) is 3.12. The van der Waals surface area contributed by atoms with Crippen molar-refractivity contribution in [2.75, 3.05) is 11.1 Å². The number of carbonyl (C=O) groups is 2. The molecule has 35 heavy (non-hydrogen) atoms. The summed E-state index contributed by atoms with van der Waals surface area (Å²) in [5, 5.41) is 3.05. The first-order valence-corrected chi connectivity index (χ1v) is 12.0. The Morgan fingerprint density at radius 1 is 1.11 bits per heavy atom. The summed E-state index contributed by atoms with van der Waals surface area (Å²) in [5.74, 6) is -0.712. The van der Waals surface area contributed by atoms with Crippen molar-refractivity contribution >= 4 is 60.5 Å². The second-order valence-electron chi connectivity index (χ2n) is 7.97. The van der Waals surface area contributed by atoms with Crippen LogP contribution in [0.15, 0.2) is 53.0 Å². The number of amides is 1. The van der Waals surface area contributed by atoms with E-state index in [0.717, 1.165) is 39.1 Å². The van der Waals surface area contributed by atoms with Gasteiger partial charge in [-0.25, -0.2) is 4.98 Å². The normalized spacial score (nSPS) is 11.6. The number of fused-ring (bicyclic) bond motifs is 1. The molecule has 0 saturated heterocycles. The first kappa shape index (κ1) is 24.9. The van der Waals surface area contributed by atoms with Gasteiger partial charge in [-0.3, -0.25) is 9.59 Å². The third-order valence-electron chi connectivity index (χ3n) is 5.62. The van der Waals surface area contributed by atoms with E-state index >= 15 is 0 Å². The van der Waals surface area contributed by atoms with Gasteiger partial charge in [0.15, 0.2) is 5.78 Å². The molecule has 0 aliphatic carbocycles. The molecule has 0 bridgehead atoms. The lowest BCUT2D eigenvalue weighted by Crippen LogP contribution is -2.13. The molecule has 0 aliphatic heterocycles. The van der Waals surface area contributed by atoms with Crippen LogP contribution in [-0.4, -0.2) is 16.7 Å². The molecule has 180 valence electrons. The monoisotopic (exact) mass is 561 g/mol. The fourth-order valence-electron chi connectivity index (χ4n) is 3.80. The molecular weight excluding hydrogens is 543 g/mol. The predicted molar refractivity (Wildman–Crippen MR) is 135 cm³/mol. The van der Waals surface area contributed by atoms with Gasteiger partial charge in [-0.05, 0) is 55.3 Å². The zero-order valence-electron chi connectivity index (χ0n) is 18.6. The van der Waals surface area contributed by atoms with Crippen LogP contribution < -0.4 is 11.1 Å². The Bertz CT molecular complexity index is 1460. The number of aromatic nitrogens is 1. The molecule has 2 heterocycles. The Morgan fingerprint density at radius 2 is 1.80 bits per heavy atom. The van der Waals surface area contributed by atoms with Crippen molar-refractivity contribution in [1.29, 1.82) is 0 Å². The Kier molecular flexibility index (Phi) is 6.70. The number of pyridine rings is 1. The van der Waals surface area contributed by atoms with Crippen LogP contribution in [0.5, 0.6) is 0 Å². The lowest BCUT2D eigenvalue weighted by Gasteiger charge is -2.11. The molecule has 3 N–H and O–H groups in total. The molecule has 0 unspecified atom stereocenters. The van der Waals surface area contributed by atoms with Gasteiger partial charge >= 0.3 is 6.18 Å². The van der Waals surface area contributed by atoms with Crippen molar-refractivity contribution in [3.05, 3.63) is 85.8 Å². The number of nitrogens with zero attached hydrogens (tertiary/aromatic N) is 1. The smallest absolute Gasteiger partial charge is 0.397 e. The third kappa shape index (κ3) is 5.08. The molecule has 0 saturated carbocycles. The first-order chi connectivity index (χ1) is 16.5. The number of rotatable bonds is 5. The number of nitrogens with two attached hydrogens (primary N) is 1. The fraction of sp³-hybridized carbons (Fsp3) is 0.160. The van der Waals surface area contributed by atoms with E-state index in [0.29, 0.717) is 21.5 Å². The van der Waals surface area contributed by atoms with Gasteiger partial charge in [-0.15, -0.1) is 11.3 Å². The minimum Gasteiger partial charge on any atom is -0.397 e. The van der Waals surface area contributed by atoms with Gasteiger partial charge in [0.05, 0.1) is 11.3 Å². The molecule has 10 heteroatoms. The number of nitrogen functional groups attached to an aromatic ring is 1. The molecule has 2 aromatic heterocycles. The molecule has 4 rings (SSSR count). The van der Waals surface area contributed by atoms with E-state index in [2.05, 4.69) is 26.2 Å². The van der Waals surface area contributed by atoms with E-state index in [1.165, 1.54) is 12.1 Å². The van der Waals surface area contributed by atoms with Gasteiger partial charge in [-0.2, -0.15) is 13.2 Å². The maximum absolute atomic E-state index is 13.0. The van der Waals surface area contributed by atoms with E-state index in [4.69, 9.17) is 5.73 Å². The van der Waals surface area contributed by atoms with Crippen LogP contribution in [0.25, 0.3) is 10.2 Å². The first-order valence-electron chi connectivity index (χ1n) is 10.4. The maximum atomic E-state index is 13.0. The van der Waals surface area contributed by atoms with Crippen LogP contribution in [0, 0.1) is 13.8 Å². The molecule has 0 fully saturated rings. The second-order valence-corrected chi connectivity index (χ2v) is 9.88. The highest BCUT2D eigenvalue weighted by Gasteiger charge is 2.30. The zero-order valence-corrected chi connectivity index (χ0v) is 21.0. The summed E-state index contributed by atoms with van der Waals surface area (Å²) in [5.41, 5.74) is 8.29. The van der Waals surface area contributed by atoms with Gasteiger partial charge in [0.25, 0.3) is 5.91 Å². The summed E-state index contributed by atoms with van der Waals surface area (Å²) in [4.78, 5) is 31.0. The molecule has 5 nitrogen and oxygen atoms in total. The Morgan fingerprint density at radius 3 is 2.46 bits per heavy atom. The number of nitrogens with one attached hydrogen (secondary N) is 1. The number of halogens is 4. The maximum Gasteiger partial charge on any atom is 0.416 e. The standard InChI is InChI=1S/C25H19BrF3N3O2S/c1-12-18(11-19(33)14-6-8-16(26)9-7-14)13(2)31-24-20(12)21(30)22(35-24)23(34)32-17-5-3-4-15(10-17)25(27,28)29/h3-10H,11,30H2,1-2H3,(H,32,34). The van der Waals surface area contributed by atoms with Crippen molar-refractivity contribution in [3.63, 3.8) is 0 Å². The minimum absolute atomic E-state index is 0.00308. The molecule has 0 atom stereocenters. The van der Waals surface area contributed by atoms with Gasteiger partial charge in [-0.1, -0.05) is 34.1 Å². The SMILES string of the molecule is Cc1nc2sc(C(=O)Nc3cccc(C(F)(F)F)c3)c(N)c2c(C)c1CC(=O)c1ccc(Br)cc1. The lowest BCUT2D eigenvalue weighted by atomic mass is 9.96. The Balaban J connectivity index is 1.66. The zero-order chi connectivity index (χ0) is 25.5. The van der Waals surface area contributed by atoms with Crippen molar-refractivity contribution in [3.8, 4) is 0 Å². The quantitative estimate of drug-likeness (QED) is 0.258. The third-order valence-corrected chi connectivity index (χ3v) is 7.24. The van der Waals surface area contributed by atoms with Crippen LogP contribution in [0.3, 0.4) is 0 Å². The average molecular weight is 562 g/mol. The van der Waals surface area contributed by atoms with E-state index in [9.17, 15) is 22.8 Å². The fourth-order valence-corrected chi connectivity index (χ4v) is 5.16. The van der Waals surface area contributed by atoms with Gasteiger partial charge in [0, 0.05) is 33.2 Å². The van der Waals surface area contributed by atoms with Gasteiger partial charge in [0.1, 0.15) is 9.71 Å². The highest BCUT2D eigenvalue weighted by Crippen LogP contribution is 2.38. The molecule has 0 aliphatic rings. The summed E-state index contributed by atoms with van der Waals surface area (Å²) >= 11 is 4.40. The number of alkyl halides is 3. The summed E-state index contributed by atoms with van der Waals surface area (Å²) in [7, 11) is 0. The number of benzene rings is 2. The summed E-state index contributed by atoms with van der Waals surface area (Å²) in [6.45, 7) is 3.60. The molecule has 0 radical (unpaired) electrons. The number of carbonyl (C=O) groups excluding carboxylic acids is 2. The summed E-state index contributed by atoms with van der Waals surface area (Å²) in [6, 6.07) is 11.4.